The van der Waals surface area contributed by atoms with Crippen molar-refractivity contribution in [2.24, 2.45) is 10.9 Å². The maximum Gasteiger partial charge on any atom is 0.191 e. The second-order valence-electron chi connectivity index (χ2n) is 6.31. The van der Waals surface area contributed by atoms with Gasteiger partial charge in [0.05, 0.1) is 6.54 Å². The Kier molecular flexibility index (Phi) is 9.34. The number of hydrogen-bond donors (Lipinski definition) is 2. The maximum atomic E-state index is 4.79. The molecule has 1 saturated heterocycles. The lowest BCUT2D eigenvalue weighted by Gasteiger charge is -2.21. The summed E-state index contributed by atoms with van der Waals surface area (Å²) in [6, 6.07) is 1.96. The van der Waals surface area contributed by atoms with E-state index in [2.05, 4.69) is 48.3 Å². The Labute approximate surface area is 161 Å². The van der Waals surface area contributed by atoms with Gasteiger partial charge >= 0.3 is 0 Å². The highest BCUT2D eigenvalue weighted by molar-refractivity contribution is 14.0. The number of thioether (sulfide) groups is 1. The third-order valence-corrected chi connectivity index (χ3v) is 5.42. The summed E-state index contributed by atoms with van der Waals surface area (Å²) in [5.74, 6) is 2.71. The van der Waals surface area contributed by atoms with Crippen LogP contribution in [0.25, 0.3) is 0 Å². The highest BCUT2D eigenvalue weighted by Gasteiger charge is 2.29. The van der Waals surface area contributed by atoms with Crippen LogP contribution in [0, 0.1) is 5.92 Å². The number of nitrogens with one attached hydrogen (secondary N) is 2. The van der Waals surface area contributed by atoms with Crippen LogP contribution in [0.5, 0.6) is 0 Å². The number of aliphatic imine (C=N–C) groups is 1. The first-order valence-corrected chi connectivity index (χ1v) is 9.23. The lowest BCUT2D eigenvalue weighted by atomic mass is 10.1. The fourth-order valence-electron chi connectivity index (χ4n) is 2.61. The lowest BCUT2D eigenvalue weighted by Crippen LogP contribution is -2.41. The molecule has 7 heteroatoms. The van der Waals surface area contributed by atoms with E-state index in [1.807, 2.05) is 23.1 Å². The molecule has 1 aromatic rings. The fraction of sp³-hybridized carbons (Fsp3) is 0.750. The SMILES string of the molecule is CCNC(=NCC1(C)CCCS1)NCC(C)Cn1cccn1.I. The maximum absolute atomic E-state index is 4.79. The van der Waals surface area contributed by atoms with Crippen LogP contribution < -0.4 is 10.6 Å². The van der Waals surface area contributed by atoms with Gasteiger partial charge in [-0.2, -0.15) is 16.9 Å². The molecule has 2 N–H and O–H groups in total. The van der Waals surface area contributed by atoms with Gasteiger partial charge in [0.1, 0.15) is 0 Å². The van der Waals surface area contributed by atoms with Gasteiger partial charge in [-0.05, 0) is 44.4 Å². The zero-order chi connectivity index (χ0) is 15.8. The molecule has 0 bridgehead atoms. The van der Waals surface area contributed by atoms with Gasteiger partial charge < -0.3 is 10.6 Å². The zero-order valence-corrected chi connectivity index (χ0v) is 17.6. The van der Waals surface area contributed by atoms with Crippen molar-refractivity contribution >= 4 is 41.7 Å². The van der Waals surface area contributed by atoms with Crippen molar-refractivity contribution < 1.29 is 0 Å². The highest BCUT2D eigenvalue weighted by atomic mass is 127. The Morgan fingerprint density at radius 1 is 1.48 bits per heavy atom. The molecule has 2 heterocycles. The van der Waals surface area contributed by atoms with Gasteiger partial charge in [-0.25, -0.2) is 0 Å². The molecule has 0 amide bonds. The number of guanidine groups is 1. The molecule has 1 aliphatic rings. The Bertz CT molecular complexity index is 457. The first-order valence-electron chi connectivity index (χ1n) is 8.25. The largest absolute Gasteiger partial charge is 0.357 e. The molecule has 2 atom stereocenters. The van der Waals surface area contributed by atoms with Crippen LogP contribution in [0.3, 0.4) is 0 Å². The number of halogens is 1. The van der Waals surface area contributed by atoms with Crippen molar-refractivity contribution in [1.29, 1.82) is 0 Å². The first-order chi connectivity index (χ1) is 10.6. The summed E-state index contributed by atoms with van der Waals surface area (Å²) in [5, 5.41) is 11.1. The van der Waals surface area contributed by atoms with Crippen molar-refractivity contribution in [3.8, 4) is 0 Å². The molecule has 2 rings (SSSR count). The van der Waals surface area contributed by atoms with E-state index in [4.69, 9.17) is 4.99 Å². The Morgan fingerprint density at radius 3 is 2.91 bits per heavy atom. The van der Waals surface area contributed by atoms with Crippen molar-refractivity contribution in [3.63, 3.8) is 0 Å². The van der Waals surface area contributed by atoms with Crippen molar-refractivity contribution in [2.75, 3.05) is 25.4 Å². The smallest absolute Gasteiger partial charge is 0.191 e. The molecule has 0 saturated carbocycles. The molecule has 1 aromatic heterocycles. The van der Waals surface area contributed by atoms with Crippen molar-refractivity contribution in [1.82, 2.24) is 20.4 Å². The second kappa shape index (κ2) is 10.4. The summed E-state index contributed by atoms with van der Waals surface area (Å²) in [6.07, 6.45) is 6.43. The van der Waals surface area contributed by atoms with Crippen molar-refractivity contribution in [3.05, 3.63) is 18.5 Å². The minimum atomic E-state index is 0. The van der Waals surface area contributed by atoms with E-state index in [0.717, 1.165) is 32.1 Å². The van der Waals surface area contributed by atoms with E-state index in [1.54, 1.807) is 0 Å². The third kappa shape index (κ3) is 7.32. The third-order valence-electron chi connectivity index (χ3n) is 3.89. The molecule has 2 unspecified atom stereocenters. The van der Waals surface area contributed by atoms with Crippen LogP contribution in [0.4, 0.5) is 0 Å². The van der Waals surface area contributed by atoms with Crippen LogP contribution in [-0.4, -0.2) is 45.9 Å². The Balaban J connectivity index is 0.00000264. The molecule has 0 aliphatic carbocycles. The minimum absolute atomic E-state index is 0. The van der Waals surface area contributed by atoms with E-state index in [-0.39, 0.29) is 24.0 Å². The average molecular weight is 451 g/mol. The number of aromatic nitrogens is 2. The molecule has 0 spiro atoms. The van der Waals surface area contributed by atoms with E-state index in [9.17, 15) is 0 Å². The van der Waals surface area contributed by atoms with Gasteiger partial charge in [0.15, 0.2) is 5.96 Å². The summed E-state index contributed by atoms with van der Waals surface area (Å²) in [4.78, 5) is 4.79. The Hall–Kier alpha value is -0.440. The van der Waals surface area contributed by atoms with Crippen LogP contribution >= 0.6 is 35.7 Å². The molecule has 1 fully saturated rings. The molecule has 23 heavy (non-hydrogen) atoms. The lowest BCUT2D eigenvalue weighted by molar-refractivity contribution is 0.443. The van der Waals surface area contributed by atoms with Gasteiger partial charge in [0.25, 0.3) is 0 Å². The van der Waals surface area contributed by atoms with Crippen LogP contribution in [0.1, 0.15) is 33.6 Å². The number of nitrogens with zero attached hydrogens (tertiary/aromatic N) is 3. The first kappa shape index (κ1) is 20.6. The fourth-order valence-corrected chi connectivity index (χ4v) is 3.84. The summed E-state index contributed by atoms with van der Waals surface area (Å²) in [6.45, 7) is 10.3. The van der Waals surface area contributed by atoms with Crippen molar-refractivity contribution in [2.45, 2.75) is 44.9 Å². The van der Waals surface area contributed by atoms with E-state index < -0.39 is 0 Å². The molecule has 1 aliphatic heterocycles. The average Bonchev–Trinajstić information content (AvgIpc) is 3.14. The van der Waals surface area contributed by atoms with Gasteiger partial charge in [-0.1, -0.05) is 6.92 Å². The number of hydrogen-bond acceptors (Lipinski definition) is 3. The minimum Gasteiger partial charge on any atom is -0.357 e. The Morgan fingerprint density at radius 2 is 2.30 bits per heavy atom. The van der Waals surface area contributed by atoms with E-state index in [0.29, 0.717) is 10.7 Å². The molecular formula is C16H30IN5S. The normalized spacial score (nSPS) is 22.5. The summed E-state index contributed by atoms with van der Waals surface area (Å²) in [5.41, 5.74) is 0. The van der Waals surface area contributed by atoms with E-state index in [1.165, 1.54) is 18.6 Å². The predicted molar refractivity (Wildman–Crippen MR) is 111 cm³/mol. The van der Waals surface area contributed by atoms with Gasteiger partial charge in [0, 0.05) is 36.8 Å². The summed E-state index contributed by atoms with van der Waals surface area (Å²) < 4.78 is 2.30. The summed E-state index contributed by atoms with van der Waals surface area (Å²) in [7, 11) is 0. The molecule has 0 radical (unpaired) electrons. The highest BCUT2D eigenvalue weighted by Crippen LogP contribution is 2.37. The van der Waals surface area contributed by atoms with E-state index >= 15 is 0 Å². The van der Waals surface area contributed by atoms with Gasteiger partial charge in [-0.15, -0.1) is 24.0 Å². The van der Waals surface area contributed by atoms with Crippen LogP contribution in [0.2, 0.25) is 0 Å². The van der Waals surface area contributed by atoms with Crippen LogP contribution in [0.15, 0.2) is 23.5 Å². The zero-order valence-electron chi connectivity index (χ0n) is 14.4. The monoisotopic (exact) mass is 451 g/mol. The topological polar surface area (TPSA) is 54.2 Å². The van der Waals surface area contributed by atoms with Gasteiger partial charge in [-0.3, -0.25) is 9.67 Å². The standard InChI is InChI=1S/C16H29N5S.HI/c1-4-17-15(19-13-16(3)7-5-10-22-16)18-11-14(2)12-21-9-6-8-20-21;/h6,8-9,14H,4-5,7,10-13H2,1-3H3,(H2,17,18,19);1H. The second-order valence-corrected chi connectivity index (χ2v) is 7.99. The van der Waals surface area contributed by atoms with Crippen LogP contribution in [-0.2, 0) is 6.54 Å². The summed E-state index contributed by atoms with van der Waals surface area (Å²) >= 11 is 2.06. The molecule has 0 aromatic carbocycles. The van der Waals surface area contributed by atoms with Gasteiger partial charge in [0.2, 0.25) is 0 Å². The molecule has 5 nitrogen and oxygen atoms in total. The number of rotatable bonds is 7. The molecule has 132 valence electrons. The quantitative estimate of drug-likeness (QED) is 0.380. The predicted octanol–water partition coefficient (Wildman–Crippen LogP) is 2.98. The molecular weight excluding hydrogens is 421 g/mol.